The van der Waals surface area contributed by atoms with Crippen LogP contribution in [0.5, 0.6) is 0 Å². The molecule has 5 heteroatoms. The van der Waals surface area contributed by atoms with Gasteiger partial charge >= 0.3 is 0 Å². The molecular weight excluding hydrogens is 284 g/mol. The van der Waals surface area contributed by atoms with Crippen molar-refractivity contribution in [2.75, 3.05) is 13.2 Å². The van der Waals surface area contributed by atoms with Crippen molar-refractivity contribution in [1.29, 1.82) is 0 Å². The fraction of sp³-hybridized carbons (Fsp3) is 0.750. The summed E-state index contributed by atoms with van der Waals surface area (Å²) in [4.78, 5) is 0. The summed E-state index contributed by atoms with van der Waals surface area (Å²) in [5, 5.41) is 13.4. The van der Waals surface area contributed by atoms with Crippen molar-refractivity contribution in [2.45, 2.75) is 26.4 Å². The Hall–Kier alpha value is -0.390. The standard InChI is InChI=1S/C12H19BrN2O2/c1-3-11-12(13)10(14-15(11)2)7-17-6-9-4-8(9)5-16/h8-9,16H,3-7H2,1-2H3/t8-,9+/m1/s1. The van der Waals surface area contributed by atoms with Crippen LogP contribution in [-0.4, -0.2) is 28.1 Å². The first kappa shape index (κ1) is 13.1. The molecule has 0 spiro atoms. The number of aryl methyl sites for hydroxylation is 1. The highest BCUT2D eigenvalue weighted by Gasteiger charge is 2.36. The van der Waals surface area contributed by atoms with E-state index in [0.29, 0.717) is 25.0 Å². The Labute approximate surface area is 110 Å². The molecule has 0 aliphatic heterocycles. The minimum Gasteiger partial charge on any atom is -0.396 e. The van der Waals surface area contributed by atoms with Crippen LogP contribution in [0.4, 0.5) is 0 Å². The molecule has 4 nitrogen and oxygen atoms in total. The second-order valence-corrected chi connectivity index (χ2v) is 5.43. The van der Waals surface area contributed by atoms with Crippen LogP contribution in [0.3, 0.4) is 0 Å². The number of rotatable bonds is 6. The predicted octanol–water partition coefficient (Wildman–Crippen LogP) is 1.89. The van der Waals surface area contributed by atoms with Crippen LogP contribution in [0.2, 0.25) is 0 Å². The fourth-order valence-electron chi connectivity index (χ4n) is 2.12. The lowest BCUT2D eigenvalue weighted by Gasteiger charge is -2.01. The third-order valence-corrected chi connectivity index (χ3v) is 4.29. The van der Waals surface area contributed by atoms with E-state index in [4.69, 9.17) is 9.84 Å². The molecule has 1 fully saturated rings. The number of hydrogen-bond acceptors (Lipinski definition) is 3. The molecule has 0 radical (unpaired) electrons. The van der Waals surface area contributed by atoms with E-state index in [-0.39, 0.29) is 0 Å². The normalized spacial score (nSPS) is 23.1. The molecule has 96 valence electrons. The summed E-state index contributed by atoms with van der Waals surface area (Å²) in [7, 11) is 1.95. The first-order valence-electron chi connectivity index (χ1n) is 6.06. The van der Waals surface area contributed by atoms with E-state index in [0.717, 1.165) is 29.6 Å². The van der Waals surface area contributed by atoms with Gasteiger partial charge in [0.1, 0.15) is 5.69 Å². The number of aromatic nitrogens is 2. The highest BCUT2D eigenvalue weighted by atomic mass is 79.9. The van der Waals surface area contributed by atoms with Gasteiger partial charge in [0, 0.05) is 13.7 Å². The lowest BCUT2D eigenvalue weighted by Crippen LogP contribution is -2.01. The number of nitrogens with zero attached hydrogens (tertiary/aromatic N) is 2. The van der Waals surface area contributed by atoms with Crippen LogP contribution in [-0.2, 0) is 24.8 Å². The van der Waals surface area contributed by atoms with E-state index >= 15 is 0 Å². The van der Waals surface area contributed by atoms with E-state index in [1.54, 1.807) is 0 Å². The van der Waals surface area contributed by atoms with E-state index in [1.807, 2.05) is 11.7 Å². The summed E-state index contributed by atoms with van der Waals surface area (Å²) >= 11 is 3.57. The first-order valence-corrected chi connectivity index (χ1v) is 6.85. The maximum Gasteiger partial charge on any atom is 0.103 e. The molecule has 0 bridgehead atoms. The molecule has 1 saturated carbocycles. The molecule has 1 aliphatic carbocycles. The Morgan fingerprint density at radius 1 is 1.53 bits per heavy atom. The molecule has 1 N–H and O–H groups in total. The smallest absolute Gasteiger partial charge is 0.103 e. The molecule has 17 heavy (non-hydrogen) atoms. The lowest BCUT2D eigenvalue weighted by atomic mass is 10.3. The van der Waals surface area contributed by atoms with Crippen molar-refractivity contribution < 1.29 is 9.84 Å². The second kappa shape index (κ2) is 5.50. The topological polar surface area (TPSA) is 47.3 Å². The minimum absolute atomic E-state index is 0.293. The zero-order valence-corrected chi connectivity index (χ0v) is 11.9. The monoisotopic (exact) mass is 302 g/mol. The number of aliphatic hydroxyl groups excluding tert-OH is 1. The minimum atomic E-state index is 0.293. The molecule has 1 aromatic heterocycles. The van der Waals surface area contributed by atoms with Gasteiger partial charge in [-0.3, -0.25) is 4.68 Å². The van der Waals surface area contributed by atoms with E-state index in [9.17, 15) is 0 Å². The maximum atomic E-state index is 8.93. The van der Waals surface area contributed by atoms with Crippen molar-refractivity contribution in [3.8, 4) is 0 Å². The summed E-state index contributed by atoms with van der Waals surface area (Å²) in [5.74, 6) is 1.02. The Bertz CT molecular complexity index is 392. The summed E-state index contributed by atoms with van der Waals surface area (Å²) in [6.07, 6.45) is 2.05. The van der Waals surface area contributed by atoms with E-state index in [2.05, 4.69) is 28.0 Å². The van der Waals surface area contributed by atoms with Gasteiger partial charge in [0.05, 0.1) is 23.4 Å². The van der Waals surface area contributed by atoms with Crippen LogP contribution < -0.4 is 0 Å². The summed E-state index contributed by atoms with van der Waals surface area (Å²) in [6.45, 7) is 3.68. The number of hydrogen-bond donors (Lipinski definition) is 1. The van der Waals surface area contributed by atoms with Gasteiger partial charge in [-0.05, 0) is 40.6 Å². The van der Waals surface area contributed by atoms with Gasteiger partial charge in [0.2, 0.25) is 0 Å². The fourth-order valence-corrected chi connectivity index (χ4v) is 2.85. The maximum absolute atomic E-state index is 8.93. The third kappa shape index (κ3) is 2.89. The molecule has 0 amide bonds. The van der Waals surface area contributed by atoms with Gasteiger partial charge in [0.25, 0.3) is 0 Å². The molecular formula is C12H19BrN2O2. The number of aliphatic hydroxyl groups is 1. The Morgan fingerprint density at radius 3 is 2.82 bits per heavy atom. The Balaban J connectivity index is 1.83. The van der Waals surface area contributed by atoms with Gasteiger partial charge < -0.3 is 9.84 Å². The van der Waals surface area contributed by atoms with E-state index < -0.39 is 0 Å². The average Bonchev–Trinajstić information content (AvgIpc) is 3.01. The van der Waals surface area contributed by atoms with Crippen molar-refractivity contribution in [2.24, 2.45) is 18.9 Å². The van der Waals surface area contributed by atoms with Crippen molar-refractivity contribution in [3.63, 3.8) is 0 Å². The lowest BCUT2D eigenvalue weighted by molar-refractivity contribution is 0.101. The molecule has 2 atom stereocenters. The van der Waals surface area contributed by atoms with Gasteiger partial charge in [-0.1, -0.05) is 6.92 Å². The first-order chi connectivity index (χ1) is 8.17. The van der Waals surface area contributed by atoms with Crippen LogP contribution in [0.25, 0.3) is 0 Å². The van der Waals surface area contributed by atoms with E-state index in [1.165, 1.54) is 5.69 Å². The van der Waals surface area contributed by atoms with Crippen LogP contribution >= 0.6 is 15.9 Å². The molecule has 1 aromatic rings. The summed E-state index contributed by atoms with van der Waals surface area (Å²) in [6, 6.07) is 0. The zero-order chi connectivity index (χ0) is 12.4. The quantitative estimate of drug-likeness (QED) is 0.873. The van der Waals surface area contributed by atoms with Gasteiger partial charge in [-0.2, -0.15) is 5.10 Å². The van der Waals surface area contributed by atoms with Gasteiger partial charge in [-0.25, -0.2) is 0 Å². The van der Waals surface area contributed by atoms with Crippen molar-refractivity contribution in [1.82, 2.24) is 9.78 Å². The highest BCUT2D eigenvalue weighted by molar-refractivity contribution is 9.10. The summed E-state index contributed by atoms with van der Waals surface area (Å²) in [5.41, 5.74) is 2.16. The highest BCUT2D eigenvalue weighted by Crippen LogP contribution is 2.38. The number of ether oxygens (including phenoxy) is 1. The molecule has 0 unspecified atom stereocenters. The van der Waals surface area contributed by atoms with Crippen LogP contribution in [0.1, 0.15) is 24.7 Å². The molecule has 0 aromatic carbocycles. The summed E-state index contributed by atoms with van der Waals surface area (Å²) < 4.78 is 8.62. The zero-order valence-electron chi connectivity index (χ0n) is 10.3. The number of halogens is 1. The van der Waals surface area contributed by atoms with Crippen LogP contribution in [0, 0.1) is 11.8 Å². The Morgan fingerprint density at radius 2 is 2.29 bits per heavy atom. The SMILES string of the molecule is CCc1c(Br)c(COC[C@@H]2C[C@@H]2CO)nn1C. The molecule has 1 heterocycles. The van der Waals surface area contributed by atoms with Gasteiger partial charge in [-0.15, -0.1) is 0 Å². The molecule has 1 aliphatic rings. The molecule has 2 rings (SSSR count). The van der Waals surface area contributed by atoms with Crippen molar-refractivity contribution >= 4 is 15.9 Å². The van der Waals surface area contributed by atoms with Crippen molar-refractivity contribution in [3.05, 3.63) is 15.9 Å². The van der Waals surface area contributed by atoms with Gasteiger partial charge in [0.15, 0.2) is 0 Å². The molecule has 0 saturated heterocycles. The Kier molecular flexibility index (Phi) is 4.22. The average molecular weight is 303 g/mol. The largest absolute Gasteiger partial charge is 0.396 e. The predicted molar refractivity (Wildman–Crippen MR) is 68.6 cm³/mol. The van der Waals surface area contributed by atoms with Crippen LogP contribution in [0.15, 0.2) is 4.47 Å². The third-order valence-electron chi connectivity index (χ3n) is 3.38. The second-order valence-electron chi connectivity index (χ2n) is 4.64.